The zero-order chi connectivity index (χ0) is 13.1. The highest BCUT2D eigenvalue weighted by Crippen LogP contribution is 2.26. The smallest absolute Gasteiger partial charge is 0.339 e. The molecule has 0 amide bonds. The highest BCUT2D eigenvalue weighted by Gasteiger charge is 2.16. The van der Waals surface area contributed by atoms with Gasteiger partial charge in [-0.2, -0.15) is 5.10 Å². The van der Waals surface area contributed by atoms with Crippen LogP contribution >= 0.6 is 0 Å². The molecule has 0 fully saturated rings. The summed E-state index contributed by atoms with van der Waals surface area (Å²) in [4.78, 5) is 11.2. The molecule has 6 nitrogen and oxygen atoms in total. The number of benzene rings is 1. The summed E-state index contributed by atoms with van der Waals surface area (Å²) in [5.41, 5.74) is 6.34. The number of nitrogens with zero attached hydrogens (tertiary/aromatic N) is 1. The molecule has 18 heavy (non-hydrogen) atoms. The number of aromatic amines is 1. The lowest BCUT2D eigenvalue weighted by atomic mass is 10.1. The van der Waals surface area contributed by atoms with Gasteiger partial charge in [-0.1, -0.05) is 6.92 Å². The summed E-state index contributed by atoms with van der Waals surface area (Å²) in [6.45, 7) is 2.29. The predicted octanol–water partition coefficient (Wildman–Crippen LogP) is 1.38. The molecule has 0 radical (unpaired) electrons. The summed E-state index contributed by atoms with van der Waals surface area (Å²) in [5.74, 6) is -0.706. The number of aromatic carboxylic acids is 1. The van der Waals surface area contributed by atoms with Gasteiger partial charge in [-0.3, -0.25) is 5.10 Å². The Morgan fingerprint density at radius 3 is 3.00 bits per heavy atom. The van der Waals surface area contributed by atoms with Crippen LogP contribution in [0.15, 0.2) is 18.3 Å². The van der Waals surface area contributed by atoms with Crippen molar-refractivity contribution in [3.05, 3.63) is 23.9 Å². The lowest BCUT2D eigenvalue weighted by Gasteiger charge is -2.17. The van der Waals surface area contributed by atoms with Crippen molar-refractivity contribution in [1.29, 1.82) is 0 Å². The topological polar surface area (TPSA) is 101 Å². The monoisotopic (exact) mass is 249 g/mol. The van der Waals surface area contributed by atoms with Crippen LogP contribution in [0, 0.1) is 0 Å². The molecule has 0 aliphatic carbocycles. The number of ether oxygens (including phenoxy) is 1. The SMILES string of the molecule is CC[C@H](CN)Oc1cc2cn[nH]c2cc1C(=O)O. The van der Waals surface area contributed by atoms with Crippen molar-refractivity contribution in [3.8, 4) is 5.75 Å². The fourth-order valence-electron chi connectivity index (χ4n) is 1.71. The Morgan fingerprint density at radius 1 is 1.61 bits per heavy atom. The Balaban J connectivity index is 2.45. The Morgan fingerprint density at radius 2 is 2.39 bits per heavy atom. The summed E-state index contributed by atoms with van der Waals surface area (Å²) < 4.78 is 5.64. The summed E-state index contributed by atoms with van der Waals surface area (Å²) in [6.07, 6.45) is 2.16. The average Bonchev–Trinajstić information content (AvgIpc) is 2.81. The number of aromatic nitrogens is 2. The van der Waals surface area contributed by atoms with E-state index in [2.05, 4.69) is 10.2 Å². The minimum absolute atomic E-state index is 0.110. The third kappa shape index (κ3) is 2.28. The van der Waals surface area contributed by atoms with E-state index in [4.69, 9.17) is 10.5 Å². The molecule has 1 aromatic carbocycles. The second kappa shape index (κ2) is 5.05. The second-order valence-corrected chi connectivity index (χ2v) is 3.99. The van der Waals surface area contributed by atoms with E-state index in [1.807, 2.05) is 6.92 Å². The number of carboxylic acids is 1. The van der Waals surface area contributed by atoms with Gasteiger partial charge in [0, 0.05) is 11.9 Å². The van der Waals surface area contributed by atoms with Gasteiger partial charge in [-0.15, -0.1) is 0 Å². The van der Waals surface area contributed by atoms with Crippen LogP contribution in [-0.4, -0.2) is 33.9 Å². The van der Waals surface area contributed by atoms with Crippen molar-refractivity contribution in [3.63, 3.8) is 0 Å². The lowest BCUT2D eigenvalue weighted by Crippen LogP contribution is -2.26. The fraction of sp³-hybridized carbons (Fsp3) is 0.333. The molecule has 0 saturated carbocycles. The van der Waals surface area contributed by atoms with Gasteiger partial charge in [-0.05, 0) is 18.6 Å². The Labute approximate surface area is 104 Å². The molecule has 1 heterocycles. The van der Waals surface area contributed by atoms with Gasteiger partial charge in [0.2, 0.25) is 0 Å². The van der Waals surface area contributed by atoms with E-state index in [9.17, 15) is 9.90 Å². The number of nitrogens with one attached hydrogen (secondary N) is 1. The first-order valence-corrected chi connectivity index (χ1v) is 5.72. The molecule has 0 unspecified atom stereocenters. The van der Waals surface area contributed by atoms with Crippen molar-refractivity contribution in [2.24, 2.45) is 5.73 Å². The molecule has 0 aliphatic rings. The summed E-state index contributed by atoms with van der Waals surface area (Å²) in [7, 11) is 0. The molecule has 0 aliphatic heterocycles. The number of fused-ring (bicyclic) bond motifs is 1. The maximum absolute atomic E-state index is 11.2. The van der Waals surface area contributed by atoms with E-state index in [-0.39, 0.29) is 11.7 Å². The van der Waals surface area contributed by atoms with Crippen LogP contribution < -0.4 is 10.5 Å². The molecule has 1 aromatic heterocycles. The highest BCUT2D eigenvalue weighted by atomic mass is 16.5. The number of hydrogen-bond donors (Lipinski definition) is 3. The van der Waals surface area contributed by atoms with Crippen LogP contribution in [0.1, 0.15) is 23.7 Å². The molecule has 0 spiro atoms. The van der Waals surface area contributed by atoms with E-state index < -0.39 is 5.97 Å². The zero-order valence-electron chi connectivity index (χ0n) is 10.0. The number of H-pyrrole nitrogens is 1. The summed E-state index contributed by atoms with van der Waals surface area (Å²) in [6, 6.07) is 3.18. The molecule has 2 rings (SSSR count). The summed E-state index contributed by atoms with van der Waals surface area (Å²) in [5, 5.41) is 16.6. The first-order valence-electron chi connectivity index (χ1n) is 5.72. The van der Waals surface area contributed by atoms with Crippen molar-refractivity contribution in [2.75, 3.05) is 6.54 Å². The maximum Gasteiger partial charge on any atom is 0.339 e. The first-order chi connectivity index (χ1) is 8.65. The second-order valence-electron chi connectivity index (χ2n) is 3.99. The third-order valence-corrected chi connectivity index (χ3v) is 2.78. The molecule has 0 bridgehead atoms. The lowest BCUT2D eigenvalue weighted by molar-refractivity contribution is 0.0689. The van der Waals surface area contributed by atoms with Gasteiger partial charge in [0.1, 0.15) is 17.4 Å². The average molecular weight is 249 g/mol. The third-order valence-electron chi connectivity index (χ3n) is 2.78. The van der Waals surface area contributed by atoms with Crippen LogP contribution in [0.3, 0.4) is 0 Å². The van der Waals surface area contributed by atoms with Crippen molar-refractivity contribution in [1.82, 2.24) is 10.2 Å². The number of hydrogen-bond acceptors (Lipinski definition) is 4. The maximum atomic E-state index is 11.2. The molecule has 96 valence electrons. The normalized spacial score (nSPS) is 12.6. The van der Waals surface area contributed by atoms with E-state index in [0.717, 1.165) is 11.8 Å². The molecule has 2 aromatic rings. The van der Waals surface area contributed by atoms with E-state index >= 15 is 0 Å². The largest absolute Gasteiger partial charge is 0.488 e. The number of nitrogens with two attached hydrogens (primary N) is 1. The molecule has 0 saturated heterocycles. The first kappa shape index (κ1) is 12.4. The van der Waals surface area contributed by atoms with E-state index in [0.29, 0.717) is 17.8 Å². The van der Waals surface area contributed by atoms with Crippen molar-refractivity contribution < 1.29 is 14.6 Å². The van der Waals surface area contributed by atoms with Gasteiger partial charge >= 0.3 is 5.97 Å². The van der Waals surface area contributed by atoms with Crippen LogP contribution in [0.2, 0.25) is 0 Å². The van der Waals surface area contributed by atoms with Gasteiger partial charge in [-0.25, -0.2) is 4.79 Å². The molecule has 1 atom stereocenters. The molecular weight excluding hydrogens is 234 g/mol. The minimum Gasteiger partial charge on any atom is -0.488 e. The van der Waals surface area contributed by atoms with E-state index in [1.165, 1.54) is 6.07 Å². The quantitative estimate of drug-likeness (QED) is 0.743. The number of carbonyl (C=O) groups is 1. The van der Waals surface area contributed by atoms with Crippen LogP contribution in [-0.2, 0) is 0 Å². The van der Waals surface area contributed by atoms with Crippen LogP contribution in [0.5, 0.6) is 5.75 Å². The van der Waals surface area contributed by atoms with Crippen LogP contribution in [0.25, 0.3) is 10.9 Å². The van der Waals surface area contributed by atoms with E-state index in [1.54, 1.807) is 12.3 Å². The Hall–Kier alpha value is -2.08. The van der Waals surface area contributed by atoms with Gasteiger partial charge in [0.05, 0.1) is 11.7 Å². The predicted molar refractivity (Wildman–Crippen MR) is 66.8 cm³/mol. The molecule has 6 heteroatoms. The Kier molecular flexibility index (Phi) is 3.47. The fourth-order valence-corrected chi connectivity index (χ4v) is 1.71. The minimum atomic E-state index is -1.03. The van der Waals surface area contributed by atoms with Crippen LogP contribution in [0.4, 0.5) is 0 Å². The molecule has 4 N–H and O–H groups in total. The van der Waals surface area contributed by atoms with Gasteiger partial charge < -0.3 is 15.6 Å². The molecular formula is C12H15N3O3. The van der Waals surface area contributed by atoms with Crippen molar-refractivity contribution in [2.45, 2.75) is 19.4 Å². The van der Waals surface area contributed by atoms with Gasteiger partial charge in [0.25, 0.3) is 0 Å². The number of carboxylic acid groups (broad SMARTS) is 1. The highest BCUT2D eigenvalue weighted by molar-refractivity contribution is 5.96. The standard InChI is InChI=1S/C12H15N3O3/c1-2-8(5-13)18-11-3-7-6-14-15-10(7)4-9(11)12(16)17/h3-4,6,8H,2,5,13H2,1H3,(H,14,15)(H,16,17)/t8-/m1/s1. The number of rotatable bonds is 5. The van der Waals surface area contributed by atoms with Crippen molar-refractivity contribution >= 4 is 16.9 Å². The van der Waals surface area contributed by atoms with Gasteiger partial charge in [0.15, 0.2) is 0 Å². The summed E-state index contributed by atoms with van der Waals surface area (Å²) >= 11 is 0. The zero-order valence-corrected chi connectivity index (χ0v) is 10.0. The Bertz CT molecular complexity index is 561.